The summed E-state index contributed by atoms with van der Waals surface area (Å²) in [5.74, 6) is -0.290. The molecule has 1 aromatic carbocycles. The molecule has 2 heterocycles. The van der Waals surface area contributed by atoms with Crippen LogP contribution in [0, 0.1) is 0 Å². The fourth-order valence-electron chi connectivity index (χ4n) is 1.82. The van der Waals surface area contributed by atoms with Crippen molar-refractivity contribution in [3.63, 3.8) is 0 Å². The van der Waals surface area contributed by atoms with Gasteiger partial charge in [0.15, 0.2) is 5.13 Å². The highest BCUT2D eigenvalue weighted by Crippen LogP contribution is 2.28. The molecule has 0 atom stereocenters. The molecule has 7 heteroatoms. The fourth-order valence-corrected chi connectivity index (χ4v) is 3.36. The Labute approximate surface area is 128 Å². The molecule has 0 aliphatic carbocycles. The van der Waals surface area contributed by atoms with Crippen LogP contribution in [0.5, 0.6) is 0 Å². The number of carbonyl (C=O) groups is 2. The van der Waals surface area contributed by atoms with E-state index < -0.39 is 0 Å². The van der Waals surface area contributed by atoms with Crippen molar-refractivity contribution in [2.24, 2.45) is 0 Å². The lowest BCUT2D eigenvalue weighted by atomic mass is 10.3. The molecule has 0 unspecified atom stereocenters. The molecule has 2 aromatic heterocycles. The van der Waals surface area contributed by atoms with Gasteiger partial charge in [0.05, 0.1) is 15.8 Å². The van der Waals surface area contributed by atoms with Crippen LogP contribution in [0.1, 0.15) is 17.3 Å². The van der Waals surface area contributed by atoms with Crippen molar-refractivity contribution < 1.29 is 9.59 Å². The highest BCUT2D eigenvalue weighted by Gasteiger charge is 2.10. The molecule has 106 valence electrons. The number of amides is 2. The molecule has 3 rings (SSSR count). The molecular formula is C14H11N3O2S2. The van der Waals surface area contributed by atoms with Crippen molar-refractivity contribution in [1.82, 2.24) is 4.98 Å². The first-order chi connectivity index (χ1) is 10.1. The average molecular weight is 317 g/mol. The SMILES string of the molecule is CC(=O)Nc1ccc2nc(NC(=O)c3ccsc3)sc2c1. The van der Waals surface area contributed by atoms with Crippen LogP contribution in [0.4, 0.5) is 10.8 Å². The van der Waals surface area contributed by atoms with E-state index in [1.54, 1.807) is 17.5 Å². The maximum Gasteiger partial charge on any atom is 0.258 e. The van der Waals surface area contributed by atoms with E-state index >= 15 is 0 Å². The smallest absolute Gasteiger partial charge is 0.258 e. The minimum absolute atomic E-state index is 0.121. The normalized spacial score (nSPS) is 10.5. The number of aromatic nitrogens is 1. The highest BCUT2D eigenvalue weighted by atomic mass is 32.1. The van der Waals surface area contributed by atoms with Crippen LogP contribution in [-0.2, 0) is 4.79 Å². The molecule has 0 radical (unpaired) electrons. The van der Waals surface area contributed by atoms with Gasteiger partial charge in [-0.25, -0.2) is 4.98 Å². The van der Waals surface area contributed by atoms with Crippen LogP contribution in [0.3, 0.4) is 0 Å². The number of thiazole rings is 1. The molecule has 2 amide bonds. The largest absolute Gasteiger partial charge is 0.326 e. The summed E-state index contributed by atoms with van der Waals surface area (Å²) >= 11 is 2.85. The summed E-state index contributed by atoms with van der Waals surface area (Å²) in [6, 6.07) is 7.21. The van der Waals surface area contributed by atoms with Gasteiger partial charge in [0.2, 0.25) is 5.91 Å². The Bertz CT molecular complexity index is 809. The first-order valence-corrected chi connectivity index (χ1v) is 7.89. The zero-order valence-electron chi connectivity index (χ0n) is 11.0. The predicted octanol–water partition coefficient (Wildman–Crippen LogP) is 3.57. The van der Waals surface area contributed by atoms with Crippen molar-refractivity contribution in [2.45, 2.75) is 6.92 Å². The van der Waals surface area contributed by atoms with Crippen molar-refractivity contribution >= 4 is 55.5 Å². The Kier molecular flexibility index (Phi) is 3.68. The van der Waals surface area contributed by atoms with Gasteiger partial charge >= 0.3 is 0 Å². The van der Waals surface area contributed by atoms with Gasteiger partial charge in [0.1, 0.15) is 0 Å². The highest BCUT2D eigenvalue weighted by molar-refractivity contribution is 7.22. The molecule has 0 aliphatic rings. The van der Waals surface area contributed by atoms with Crippen LogP contribution < -0.4 is 10.6 Å². The van der Waals surface area contributed by atoms with Gasteiger partial charge in [-0.05, 0) is 29.6 Å². The summed E-state index contributed by atoms with van der Waals surface area (Å²) in [6.45, 7) is 1.46. The number of anilines is 2. The van der Waals surface area contributed by atoms with Crippen LogP contribution in [0.15, 0.2) is 35.0 Å². The number of hydrogen-bond donors (Lipinski definition) is 2. The Balaban J connectivity index is 1.84. The van der Waals surface area contributed by atoms with Crippen molar-refractivity contribution in [3.8, 4) is 0 Å². The first kappa shape index (κ1) is 13.7. The van der Waals surface area contributed by atoms with E-state index in [2.05, 4.69) is 15.6 Å². The molecule has 21 heavy (non-hydrogen) atoms. The average Bonchev–Trinajstić information content (AvgIpc) is 3.05. The second-order valence-corrected chi connectivity index (χ2v) is 6.16. The lowest BCUT2D eigenvalue weighted by molar-refractivity contribution is -0.114. The van der Waals surface area contributed by atoms with E-state index in [0.717, 1.165) is 15.9 Å². The third-order valence-corrected chi connectivity index (χ3v) is 4.33. The van der Waals surface area contributed by atoms with Gasteiger partial charge < -0.3 is 5.32 Å². The van der Waals surface area contributed by atoms with Gasteiger partial charge in [-0.2, -0.15) is 11.3 Å². The summed E-state index contributed by atoms with van der Waals surface area (Å²) in [7, 11) is 0. The molecule has 0 saturated carbocycles. The van der Waals surface area contributed by atoms with Crippen molar-refractivity contribution in [2.75, 3.05) is 10.6 Å². The van der Waals surface area contributed by atoms with E-state index in [-0.39, 0.29) is 11.8 Å². The lowest BCUT2D eigenvalue weighted by Gasteiger charge is -1.99. The number of thiophene rings is 1. The molecule has 5 nitrogen and oxygen atoms in total. The maximum atomic E-state index is 12.0. The third-order valence-electron chi connectivity index (χ3n) is 2.71. The van der Waals surface area contributed by atoms with E-state index in [1.165, 1.54) is 29.6 Å². The molecule has 0 saturated heterocycles. The number of fused-ring (bicyclic) bond motifs is 1. The van der Waals surface area contributed by atoms with E-state index in [4.69, 9.17) is 0 Å². The van der Waals surface area contributed by atoms with E-state index in [0.29, 0.717) is 10.7 Å². The van der Waals surface area contributed by atoms with Crippen LogP contribution in [0.2, 0.25) is 0 Å². The van der Waals surface area contributed by atoms with E-state index in [9.17, 15) is 9.59 Å². The third kappa shape index (κ3) is 3.09. The Morgan fingerprint density at radius 3 is 2.76 bits per heavy atom. The van der Waals surface area contributed by atoms with Gasteiger partial charge in [-0.1, -0.05) is 11.3 Å². The topological polar surface area (TPSA) is 71.1 Å². The quantitative estimate of drug-likeness (QED) is 0.776. The van der Waals surface area contributed by atoms with Crippen LogP contribution in [-0.4, -0.2) is 16.8 Å². The number of hydrogen-bond acceptors (Lipinski definition) is 5. The Morgan fingerprint density at radius 2 is 2.05 bits per heavy atom. The summed E-state index contributed by atoms with van der Waals surface area (Å²) < 4.78 is 0.905. The minimum atomic E-state index is -0.169. The Morgan fingerprint density at radius 1 is 1.19 bits per heavy atom. The molecule has 3 aromatic rings. The summed E-state index contributed by atoms with van der Waals surface area (Å²) in [4.78, 5) is 27.4. The molecule has 2 N–H and O–H groups in total. The van der Waals surface area contributed by atoms with Gasteiger partial charge in [-0.3, -0.25) is 14.9 Å². The zero-order valence-corrected chi connectivity index (χ0v) is 12.7. The minimum Gasteiger partial charge on any atom is -0.326 e. The van der Waals surface area contributed by atoms with Crippen molar-refractivity contribution in [1.29, 1.82) is 0 Å². The molecule has 0 bridgehead atoms. The lowest BCUT2D eigenvalue weighted by Crippen LogP contribution is -2.10. The second-order valence-electron chi connectivity index (χ2n) is 4.35. The fraction of sp³-hybridized carbons (Fsp3) is 0.0714. The molecule has 0 fully saturated rings. The summed E-state index contributed by atoms with van der Waals surface area (Å²) in [5.41, 5.74) is 2.13. The number of benzene rings is 1. The van der Waals surface area contributed by atoms with Gasteiger partial charge in [0.25, 0.3) is 5.91 Å². The number of rotatable bonds is 3. The van der Waals surface area contributed by atoms with E-state index in [1.807, 2.05) is 17.5 Å². The van der Waals surface area contributed by atoms with Gasteiger partial charge in [0, 0.05) is 18.0 Å². The maximum absolute atomic E-state index is 12.0. The standard InChI is InChI=1S/C14H11N3O2S2/c1-8(18)15-10-2-3-11-12(6-10)21-14(16-11)17-13(19)9-4-5-20-7-9/h2-7H,1H3,(H,15,18)(H,16,17,19). The number of carbonyl (C=O) groups excluding carboxylic acids is 2. The summed E-state index contributed by atoms with van der Waals surface area (Å²) in [6.07, 6.45) is 0. The molecule has 0 aliphatic heterocycles. The molecular weight excluding hydrogens is 306 g/mol. The zero-order chi connectivity index (χ0) is 14.8. The van der Waals surface area contributed by atoms with Crippen LogP contribution >= 0.6 is 22.7 Å². The van der Waals surface area contributed by atoms with Crippen LogP contribution in [0.25, 0.3) is 10.2 Å². The Hall–Kier alpha value is -2.25. The first-order valence-electron chi connectivity index (χ1n) is 6.13. The van der Waals surface area contributed by atoms with Crippen molar-refractivity contribution in [3.05, 3.63) is 40.6 Å². The predicted molar refractivity (Wildman–Crippen MR) is 86.2 cm³/mol. The molecule has 0 spiro atoms. The summed E-state index contributed by atoms with van der Waals surface area (Å²) in [5, 5.41) is 9.69. The van der Waals surface area contributed by atoms with Gasteiger partial charge in [-0.15, -0.1) is 0 Å². The number of nitrogens with zero attached hydrogens (tertiary/aromatic N) is 1. The monoisotopic (exact) mass is 317 g/mol. The number of nitrogens with one attached hydrogen (secondary N) is 2. The second kappa shape index (κ2) is 5.63.